The number of thiophene rings is 3. The van der Waals surface area contributed by atoms with Crippen LogP contribution < -0.4 is 0 Å². The van der Waals surface area contributed by atoms with Crippen LogP contribution >= 0.6 is 34.0 Å². The molecule has 0 saturated heterocycles. The van der Waals surface area contributed by atoms with Gasteiger partial charge in [-0.05, 0) is 53.4 Å². The largest absolute Gasteiger partial charge is 0.416 e. The zero-order chi connectivity index (χ0) is 17.4. The minimum Gasteiger partial charge on any atom is -0.166 e. The van der Waals surface area contributed by atoms with Crippen LogP contribution in [0.5, 0.6) is 0 Å². The molecule has 0 fully saturated rings. The van der Waals surface area contributed by atoms with Crippen LogP contribution in [-0.2, 0) is 6.18 Å². The smallest absolute Gasteiger partial charge is 0.166 e. The van der Waals surface area contributed by atoms with E-state index in [9.17, 15) is 13.2 Å². The number of hydrogen-bond acceptors (Lipinski definition) is 3. The normalized spacial score (nSPS) is 11.8. The quantitative estimate of drug-likeness (QED) is 0.332. The highest BCUT2D eigenvalue weighted by molar-refractivity contribution is 7.27. The van der Waals surface area contributed by atoms with Crippen LogP contribution in [0, 0.1) is 0 Å². The van der Waals surface area contributed by atoms with Gasteiger partial charge in [-0.2, -0.15) is 13.2 Å². The van der Waals surface area contributed by atoms with Gasteiger partial charge in [0.25, 0.3) is 0 Å². The fourth-order valence-corrected chi connectivity index (χ4v) is 5.41. The van der Waals surface area contributed by atoms with Gasteiger partial charge in [-0.1, -0.05) is 18.2 Å². The predicted octanol–water partition coefficient (Wildman–Crippen LogP) is 7.89. The van der Waals surface area contributed by atoms with Crippen LogP contribution in [-0.4, -0.2) is 0 Å². The van der Waals surface area contributed by atoms with Crippen molar-refractivity contribution in [3.63, 3.8) is 0 Å². The molecule has 0 spiro atoms. The molecule has 0 aliphatic carbocycles. The molecule has 0 aliphatic heterocycles. The lowest BCUT2D eigenvalue weighted by molar-refractivity contribution is -0.137. The SMILES string of the molecule is FC(F)(F)c1ccc(-c2ccc(-c3ccc(-c4cccs4)s3)s2)cc1. The summed E-state index contributed by atoms with van der Waals surface area (Å²) in [6.07, 6.45) is -4.30. The van der Waals surface area contributed by atoms with Crippen molar-refractivity contribution in [2.75, 3.05) is 0 Å². The van der Waals surface area contributed by atoms with E-state index in [0.29, 0.717) is 0 Å². The summed E-state index contributed by atoms with van der Waals surface area (Å²) in [6, 6.07) is 17.7. The van der Waals surface area contributed by atoms with Crippen LogP contribution in [0.2, 0.25) is 0 Å². The zero-order valence-electron chi connectivity index (χ0n) is 12.7. The number of alkyl halides is 3. The summed E-state index contributed by atoms with van der Waals surface area (Å²) < 4.78 is 38.0. The molecule has 0 radical (unpaired) electrons. The third-order valence-corrected chi connectivity index (χ3v) is 7.20. The van der Waals surface area contributed by atoms with Gasteiger partial charge in [-0.25, -0.2) is 0 Å². The zero-order valence-corrected chi connectivity index (χ0v) is 15.2. The molecule has 126 valence electrons. The Morgan fingerprint density at radius 1 is 0.600 bits per heavy atom. The van der Waals surface area contributed by atoms with Crippen molar-refractivity contribution in [3.05, 3.63) is 71.6 Å². The molecular weight excluding hydrogens is 381 g/mol. The Hall–Kier alpha value is -1.89. The van der Waals surface area contributed by atoms with Crippen molar-refractivity contribution in [2.24, 2.45) is 0 Å². The van der Waals surface area contributed by atoms with Crippen molar-refractivity contribution in [2.45, 2.75) is 6.18 Å². The van der Waals surface area contributed by atoms with Gasteiger partial charge >= 0.3 is 6.18 Å². The van der Waals surface area contributed by atoms with Crippen molar-refractivity contribution < 1.29 is 13.2 Å². The Labute approximate surface area is 154 Å². The average Bonchev–Trinajstić information content (AvgIpc) is 3.33. The van der Waals surface area contributed by atoms with Crippen LogP contribution in [0.3, 0.4) is 0 Å². The maximum atomic E-state index is 12.7. The van der Waals surface area contributed by atoms with E-state index < -0.39 is 11.7 Å². The first kappa shape index (κ1) is 16.6. The molecule has 3 heterocycles. The van der Waals surface area contributed by atoms with Crippen LogP contribution in [0.25, 0.3) is 29.9 Å². The van der Waals surface area contributed by atoms with E-state index in [1.165, 1.54) is 26.8 Å². The standard InChI is InChI=1S/C19H11F3S3/c20-19(21,22)13-5-3-12(4-6-13)14-7-8-17(24-14)18-10-9-16(25-18)15-2-1-11-23-15/h1-11H. The molecule has 1 aromatic carbocycles. The topological polar surface area (TPSA) is 0 Å². The maximum Gasteiger partial charge on any atom is 0.416 e. The molecule has 0 amide bonds. The lowest BCUT2D eigenvalue weighted by atomic mass is 10.1. The highest BCUT2D eigenvalue weighted by Crippen LogP contribution is 2.41. The summed E-state index contributed by atoms with van der Waals surface area (Å²) in [4.78, 5) is 5.74. The fourth-order valence-electron chi connectivity index (χ4n) is 2.47. The van der Waals surface area contributed by atoms with E-state index in [4.69, 9.17) is 0 Å². The first-order valence-corrected chi connectivity index (χ1v) is 9.93. The Morgan fingerprint density at radius 2 is 1.16 bits per heavy atom. The molecule has 4 rings (SSSR count). The Morgan fingerprint density at radius 3 is 1.72 bits per heavy atom. The molecule has 0 atom stereocenters. The lowest BCUT2D eigenvalue weighted by Crippen LogP contribution is -2.03. The molecule has 4 aromatic rings. The van der Waals surface area contributed by atoms with E-state index >= 15 is 0 Å². The fraction of sp³-hybridized carbons (Fsp3) is 0.0526. The second-order valence-corrected chi connectivity index (χ2v) is 8.50. The number of hydrogen-bond donors (Lipinski definition) is 0. The predicted molar refractivity (Wildman–Crippen MR) is 101 cm³/mol. The highest BCUT2D eigenvalue weighted by Gasteiger charge is 2.30. The molecule has 3 aromatic heterocycles. The molecule has 0 bridgehead atoms. The second kappa shape index (κ2) is 6.44. The first-order valence-electron chi connectivity index (χ1n) is 7.42. The van der Waals surface area contributed by atoms with E-state index in [2.05, 4.69) is 23.6 Å². The minimum atomic E-state index is -4.30. The van der Waals surface area contributed by atoms with Crippen molar-refractivity contribution in [1.29, 1.82) is 0 Å². The van der Waals surface area contributed by atoms with Crippen molar-refractivity contribution in [1.82, 2.24) is 0 Å². The summed E-state index contributed by atoms with van der Waals surface area (Å²) in [6.45, 7) is 0. The molecule has 25 heavy (non-hydrogen) atoms. The summed E-state index contributed by atoms with van der Waals surface area (Å²) in [5, 5.41) is 2.06. The molecular formula is C19H11F3S3. The molecule has 0 nitrogen and oxygen atoms in total. The average molecular weight is 392 g/mol. The molecule has 0 aliphatic rings. The van der Waals surface area contributed by atoms with Gasteiger partial charge in [0.2, 0.25) is 0 Å². The van der Waals surface area contributed by atoms with E-state index in [1.807, 2.05) is 18.2 Å². The van der Waals surface area contributed by atoms with Gasteiger partial charge in [0.1, 0.15) is 0 Å². The van der Waals surface area contributed by atoms with E-state index in [-0.39, 0.29) is 0 Å². The Balaban J connectivity index is 1.60. The Bertz CT molecular complexity index is 974. The summed E-state index contributed by atoms with van der Waals surface area (Å²) in [5.41, 5.74) is 0.186. The van der Waals surface area contributed by atoms with E-state index in [1.54, 1.807) is 34.0 Å². The third-order valence-electron chi connectivity index (χ3n) is 3.72. The number of rotatable bonds is 3. The summed E-state index contributed by atoms with van der Waals surface area (Å²) in [7, 11) is 0. The Kier molecular flexibility index (Phi) is 4.27. The number of benzene rings is 1. The van der Waals surface area contributed by atoms with Crippen LogP contribution in [0.1, 0.15) is 5.56 Å². The maximum absolute atomic E-state index is 12.7. The van der Waals surface area contributed by atoms with E-state index in [0.717, 1.165) is 27.5 Å². The van der Waals surface area contributed by atoms with Gasteiger partial charge in [0.15, 0.2) is 0 Å². The van der Waals surface area contributed by atoms with Crippen LogP contribution in [0.4, 0.5) is 13.2 Å². The molecule has 6 heteroatoms. The van der Waals surface area contributed by atoms with Gasteiger partial charge in [-0.3, -0.25) is 0 Å². The lowest BCUT2D eigenvalue weighted by Gasteiger charge is -2.06. The minimum absolute atomic E-state index is 0.619. The number of halogens is 3. The summed E-state index contributed by atoms with van der Waals surface area (Å²) in [5.74, 6) is 0. The second-order valence-electron chi connectivity index (χ2n) is 5.38. The van der Waals surface area contributed by atoms with Gasteiger partial charge < -0.3 is 0 Å². The molecule has 0 saturated carbocycles. The van der Waals surface area contributed by atoms with Crippen molar-refractivity contribution >= 4 is 34.0 Å². The monoisotopic (exact) mass is 392 g/mol. The molecule has 0 unspecified atom stereocenters. The van der Waals surface area contributed by atoms with Gasteiger partial charge in [0.05, 0.1) is 5.56 Å². The van der Waals surface area contributed by atoms with Gasteiger partial charge in [0, 0.05) is 24.4 Å². The van der Waals surface area contributed by atoms with Crippen LogP contribution in [0.15, 0.2) is 66.0 Å². The van der Waals surface area contributed by atoms with Gasteiger partial charge in [-0.15, -0.1) is 34.0 Å². The highest BCUT2D eigenvalue weighted by atomic mass is 32.1. The third kappa shape index (κ3) is 3.42. The van der Waals surface area contributed by atoms with Crippen molar-refractivity contribution in [3.8, 4) is 29.9 Å². The first-order chi connectivity index (χ1) is 12.0. The summed E-state index contributed by atoms with van der Waals surface area (Å²) >= 11 is 5.04. The molecule has 0 N–H and O–H groups in total.